The van der Waals surface area contributed by atoms with Crippen molar-refractivity contribution < 1.29 is 0 Å². The van der Waals surface area contributed by atoms with E-state index in [1.165, 1.54) is 5.56 Å². The fourth-order valence-corrected chi connectivity index (χ4v) is 3.25. The fraction of sp³-hybridized carbons (Fsp3) is 0.333. The topological polar surface area (TPSA) is 49.0 Å². The summed E-state index contributed by atoms with van der Waals surface area (Å²) >= 11 is 0. The molecule has 4 heteroatoms. The SMILES string of the molecule is CCCN(CCC)Cc1ccccc1-c1nc2ccccc2c(=O)[nH]1. The van der Waals surface area contributed by atoms with E-state index in [0.29, 0.717) is 11.2 Å². The van der Waals surface area contributed by atoms with Gasteiger partial charge in [-0.05, 0) is 43.6 Å². The van der Waals surface area contributed by atoms with Crippen LogP contribution in [0.5, 0.6) is 0 Å². The quantitative estimate of drug-likeness (QED) is 0.703. The predicted molar refractivity (Wildman–Crippen MR) is 104 cm³/mol. The van der Waals surface area contributed by atoms with Crippen molar-refractivity contribution in [2.45, 2.75) is 33.2 Å². The number of aromatic amines is 1. The number of H-pyrrole nitrogens is 1. The molecule has 0 spiro atoms. The molecule has 0 atom stereocenters. The number of nitrogens with one attached hydrogen (secondary N) is 1. The van der Waals surface area contributed by atoms with Crippen LogP contribution in [-0.2, 0) is 6.54 Å². The first-order chi connectivity index (χ1) is 12.2. The maximum absolute atomic E-state index is 12.4. The molecular formula is C21H25N3O. The van der Waals surface area contributed by atoms with E-state index in [1.807, 2.05) is 36.4 Å². The second-order valence-corrected chi connectivity index (χ2v) is 6.36. The minimum absolute atomic E-state index is 0.0885. The molecule has 0 aliphatic carbocycles. The van der Waals surface area contributed by atoms with Gasteiger partial charge in [0.15, 0.2) is 0 Å². The molecule has 0 radical (unpaired) electrons. The number of benzene rings is 2. The van der Waals surface area contributed by atoms with Gasteiger partial charge in [0.25, 0.3) is 5.56 Å². The first kappa shape index (κ1) is 17.4. The Labute approximate surface area is 148 Å². The number of nitrogens with zero attached hydrogens (tertiary/aromatic N) is 2. The van der Waals surface area contributed by atoms with Crippen molar-refractivity contribution in [2.75, 3.05) is 13.1 Å². The molecular weight excluding hydrogens is 310 g/mol. The van der Waals surface area contributed by atoms with E-state index in [9.17, 15) is 4.79 Å². The van der Waals surface area contributed by atoms with E-state index in [1.54, 1.807) is 6.07 Å². The van der Waals surface area contributed by atoms with Gasteiger partial charge >= 0.3 is 0 Å². The summed E-state index contributed by atoms with van der Waals surface area (Å²) in [6, 6.07) is 15.7. The Morgan fingerprint density at radius 2 is 1.64 bits per heavy atom. The third-order valence-electron chi connectivity index (χ3n) is 4.36. The van der Waals surface area contributed by atoms with Crippen molar-refractivity contribution in [2.24, 2.45) is 0 Å². The summed E-state index contributed by atoms with van der Waals surface area (Å²) in [7, 11) is 0. The van der Waals surface area contributed by atoms with E-state index < -0.39 is 0 Å². The van der Waals surface area contributed by atoms with E-state index in [2.05, 4.69) is 29.8 Å². The van der Waals surface area contributed by atoms with Crippen molar-refractivity contribution in [3.63, 3.8) is 0 Å². The van der Waals surface area contributed by atoms with Gasteiger partial charge in [0, 0.05) is 12.1 Å². The van der Waals surface area contributed by atoms with Crippen LogP contribution in [0.2, 0.25) is 0 Å². The van der Waals surface area contributed by atoms with E-state index in [-0.39, 0.29) is 5.56 Å². The monoisotopic (exact) mass is 335 g/mol. The number of hydrogen-bond acceptors (Lipinski definition) is 3. The lowest BCUT2D eigenvalue weighted by Crippen LogP contribution is -2.25. The maximum Gasteiger partial charge on any atom is 0.259 e. The number of hydrogen-bond donors (Lipinski definition) is 1. The number of aromatic nitrogens is 2. The molecule has 0 saturated carbocycles. The van der Waals surface area contributed by atoms with E-state index in [0.717, 1.165) is 43.6 Å². The summed E-state index contributed by atoms with van der Waals surface area (Å²) in [5.41, 5.74) is 2.84. The molecule has 0 bridgehead atoms. The second-order valence-electron chi connectivity index (χ2n) is 6.36. The standard InChI is InChI=1S/C21H25N3O/c1-3-13-24(14-4-2)15-16-9-5-6-10-17(16)20-22-19-12-8-7-11-18(19)21(25)23-20/h5-12H,3-4,13-15H2,1-2H3,(H,22,23,25). The molecule has 0 unspecified atom stereocenters. The van der Waals surface area contributed by atoms with Crippen LogP contribution in [0.1, 0.15) is 32.3 Å². The first-order valence-electron chi connectivity index (χ1n) is 9.02. The van der Waals surface area contributed by atoms with Crippen LogP contribution < -0.4 is 5.56 Å². The number of rotatable bonds is 7. The Bertz CT molecular complexity index is 895. The van der Waals surface area contributed by atoms with E-state index in [4.69, 9.17) is 4.98 Å². The van der Waals surface area contributed by atoms with Gasteiger partial charge in [0.1, 0.15) is 5.82 Å². The fourth-order valence-electron chi connectivity index (χ4n) is 3.25. The smallest absolute Gasteiger partial charge is 0.259 e. The summed E-state index contributed by atoms with van der Waals surface area (Å²) in [6.07, 6.45) is 2.26. The Balaban J connectivity index is 2.02. The normalized spacial score (nSPS) is 11.3. The average Bonchev–Trinajstić information content (AvgIpc) is 2.62. The van der Waals surface area contributed by atoms with Gasteiger partial charge in [0.05, 0.1) is 10.9 Å². The Morgan fingerprint density at radius 3 is 2.40 bits per heavy atom. The largest absolute Gasteiger partial charge is 0.306 e. The highest BCUT2D eigenvalue weighted by Gasteiger charge is 2.12. The average molecular weight is 335 g/mol. The highest BCUT2D eigenvalue weighted by molar-refractivity contribution is 5.79. The van der Waals surface area contributed by atoms with Crippen molar-refractivity contribution in [3.05, 3.63) is 64.4 Å². The number of fused-ring (bicyclic) bond motifs is 1. The van der Waals surface area contributed by atoms with Crippen molar-refractivity contribution in [1.29, 1.82) is 0 Å². The molecule has 3 aromatic rings. The number of para-hydroxylation sites is 1. The van der Waals surface area contributed by atoms with Gasteiger partial charge in [-0.25, -0.2) is 4.98 Å². The summed E-state index contributed by atoms with van der Waals surface area (Å²) in [5, 5.41) is 0.627. The van der Waals surface area contributed by atoms with Crippen LogP contribution in [0.15, 0.2) is 53.3 Å². The molecule has 1 aromatic heterocycles. The van der Waals surface area contributed by atoms with Crippen molar-refractivity contribution in [1.82, 2.24) is 14.9 Å². The molecule has 0 amide bonds. The summed E-state index contributed by atoms with van der Waals surface area (Å²) in [5.74, 6) is 0.646. The minimum Gasteiger partial charge on any atom is -0.306 e. The zero-order valence-electron chi connectivity index (χ0n) is 15.0. The van der Waals surface area contributed by atoms with Crippen LogP contribution in [0.3, 0.4) is 0 Å². The zero-order valence-corrected chi connectivity index (χ0v) is 15.0. The molecule has 3 rings (SSSR count). The molecule has 0 aliphatic heterocycles. The summed E-state index contributed by atoms with van der Waals surface area (Å²) in [4.78, 5) is 22.5. The highest BCUT2D eigenvalue weighted by atomic mass is 16.1. The molecule has 2 aromatic carbocycles. The lowest BCUT2D eigenvalue weighted by molar-refractivity contribution is 0.267. The van der Waals surface area contributed by atoms with Gasteiger partial charge in [0.2, 0.25) is 0 Å². The first-order valence-corrected chi connectivity index (χ1v) is 9.02. The zero-order chi connectivity index (χ0) is 17.6. The summed E-state index contributed by atoms with van der Waals surface area (Å²) < 4.78 is 0. The van der Waals surface area contributed by atoms with Crippen LogP contribution in [0.25, 0.3) is 22.3 Å². The van der Waals surface area contributed by atoms with Gasteiger partial charge in [-0.1, -0.05) is 50.2 Å². The second kappa shape index (κ2) is 8.08. The Hall–Kier alpha value is -2.46. The van der Waals surface area contributed by atoms with Gasteiger partial charge in [-0.2, -0.15) is 0 Å². The maximum atomic E-state index is 12.4. The molecule has 0 aliphatic rings. The predicted octanol–water partition coefficient (Wildman–Crippen LogP) is 4.21. The van der Waals surface area contributed by atoms with Crippen LogP contribution in [0.4, 0.5) is 0 Å². The van der Waals surface area contributed by atoms with Crippen molar-refractivity contribution >= 4 is 10.9 Å². The van der Waals surface area contributed by atoms with Crippen LogP contribution in [0, 0.1) is 0 Å². The molecule has 4 nitrogen and oxygen atoms in total. The van der Waals surface area contributed by atoms with Crippen LogP contribution >= 0.6 is 0 Å². The summed E-state index contributed by atoms with van der Waals surface area (Å²) in [6.45, 7) is 7.43. The van der Waals surface area contributed by atoms with E-state index >= 15 is 0 Å². The third kappa shape index (κ3) is 3.97. The molecule has 130 valence electrons. The minimum atomic E-state index is -0.0885. The van der Waals surface area contributed by atoms with Crippen LogP contribution in [-0.4, -0.2) is 28.0 Å². The molecule has 1 heterocycles. The molecule has 25 heavy (non-hydrogen) atoms. The lowest BCUT2D eigenvalue weighted by atomic mass is 10.1. The lowest BCUT2D eigenvalue weighted by Gasteiger charge is -2.22. The van der Waals surface area contributed by atoms with Gasteiger partial charge in [-0.15, -0.1) is 0 Å². The third-order valence-corrected chi connectivity index (χ3v) is 4.36. The Kier molecular flexibility index (Phi) is 5.61. The molecule has 1 N–H and O–H groups in total. The molecule has 0 fully saturated rings. The Morgan fingerprint density at radius 1 is 0.960 bits per heavy atom. The molecule has 0 saturated heterocycles. The van der Waals surface area contributed by atoms with Gasteiger partial charge < -0.3 is 4.98 Å². The van der Waals surface area contributed by atoms with Crippen molar-refractivity contribution in [3.8, 4) is 11.4 Å². The van der Waals surface area contributed by atoms with Gasteiger partial charge in [-0.3, -0.25) is 9.69 Å². The highest BCUT2D eigenvalue weighted by Crippen LogP contribution is 2.22.